The van der Waals surface area contributed by atoms with E-state index in [0.29, 0.717) is 5.78 Å². The van der Waals surface area contributed by atoms with Crippen LogP contribution in [-0.2, 0) is 9.53 Å². The van der Waals surface area contributed by atoms with Crippen LogP contribution < -0.4 is 0 Å². The molecule has 0 radical (unpaired) electrons. The standard InChI is InChI=1S/C15H27NO3/c1-11-7-16(9-13(10-17)19-11)8-12-5-4-6-15(2,3)14(12)18/h11-13,17H,4-10H2,1-3H3. The second-order valence-corrected chi connectivity index (χ2v) is 6.81. The number of Topliss-reactive ketones (excluding diaryl/α,β-unsaturated/α-hetero) is 1. The fraction of sp³-hybridized carbons (Fsp3) is 0.933. The zero-order chi connectivity index (χ0) is 14.0. The summed E-state index contributed by atoms with van der Waals surface area (Å²) in [4.78, 5) is 14.7. The van der Waals surface area contributed by atoms with Gasteiger partial charge in [-0.25, -0.2) is 0 Å². The summed E-state index contributed by atoms with van der Waals surface area (Å²) in [5.41, 5.74) is -0.156. The van der Waals surface area contributed by atoms with Gasteiger partial charge in [0.05, 0.1) is 18.8 Å². The summed E-state index contributed by atoms with van der Waals surface area (Å²) in [5, 5.41) is 9.25. The summed E-state index contributed by atoms with van der Waals surface area (Å²) < 4.78 is 5.65. The smallest absolute Gasteiger partial charge is 0.142 e. The van der Waals surface area contributed by atoms with Crippen molar-refractivity contribution in [3.8, 4) is 0 Å². The van der Waals surface area contributed by atoms with Gasteiger partial charge >= 0.3 is 0 Å². The monoisotopic (exact) mass is 269 g/mol. The van der Waals surface area contributed by atoms with E-state index in [9.17, 15) is 9.90 Å². The van der Waals surface area contributed by atoms with Gasteiger partial charge in [-0.3, -0.25) is 9.69 Å². The highest BCUT2D eigenvalue weighted by atomic mass is 16.5. The summed E-state index contributed by atoms with van der Waals surface area (Å²) >= 11 is 0. The van der Waals surface area contributed by atoms with Gasteiger partial charge in [0.15, 0.2) is 0 Å². The summed E-state index contributed by atoms with van der Waals surface area (Å²) in [6.07, 6.45) is 3.21. The van der Waals surface area contributed by atoms with Crippen molar-refractivity contribution in [2.24, 2.45) is 11.3 Å². The molecule has 0 aromatic heterocycles. The van der Waals surface area contributed by atoms with Crippen LogP contribution in [0.4, 0.5) is 0 Å². The normalized spacial score (nSPS) is 36.4. The molecule has 0 spiro atoms. The van der Waals surface area contributed by atoms with Gasteiger partial charge in [0.1, 0.15) is 5.78 Å². The minimum Gasteiger partial charge on any atom is -0.394 e. The second-order valence-electron chi connectivity index (χ2n) is 6.81. The highest BCUT2D eigenvalue weighted by Gasteiger charge is 2.38. The Bertz CT molecular complexity index is 329. The second kappa shape index (κ2) is 5.90. The van der Waals surface area contributed by atoms with Crippen LogP contribution in [-0.4, -0.2) is 54.2 Å². The molecule has 19 heavy (non-hydrogen) atoms. The van der Waals surface area contributed by atoms with E-state index in [1.807, 2.05) is 6.92 Å². The molecule has 4 heteroatoms. The predicted molar refractivity (Wildman–Crippen MR) is 74.0 cm³/mol. The SMILES string of the molecule is CC1CN(CC2CCCC(C)(C)C2=O)CC(CO)O1. The van der Waals surface area contributed by atoms with Gasteiger partial charge in [-0.2, -0.15) is 0 Å². The number of hydrogen-bond acceptors (Lipinski definition) is 4. The van der Waals surface area contributed by atoms with E-state index in [2.05, 4.69) is 18.7 Å². The molecule has 1 saturated heterocycles. The minimum absolute atomic E-state index is 0.0605. The number of carbonyl (C=O) groups is 1. The quantitative estimate of drug-likeness (QED) is 0.843. The number of carbonyl (C=O) groups excluding carboxylic acids is 1. The van der Waals surface area contributed by atoms with Crippen LogP contribution in [0.25, 0.3) is 0 Å². The van der Waals surface area contributed by atoms with E-state index in [0.717, 1.165) is 38.9 Å². The summed E-state index contributed by atoms with van der Waals surface area (Å²) in [6, 6.07) is 0. The summed E-state index contributed by atoms with van der Waals surface area (Å²) in [5.74, 6) is 0.576. The van der Waals surface area contributed by atoms with E-state index in [4.69, 9.17) is 4.74 Å². The highest BCUT2D eigenvalue weighted by molar-refractivity contribution is 5.87. The Hall–Kier alpha value is -0.450. The lowest BCUT2D eigenvalue weighted by molar-refractivity contribution is -0.137. The molecule has 0 bridgehead atoms. The molecule has 4 nitrogen and oxygen atoms in total. The van der Waals surface area contributed by atoms with Gasteiger partial charge in [-0.15, -0.1) is 0 Å². The largest absolute Gasteiger partial charge is 0.394 e. The lowest BCUT2D eigenvalue weighted by Gasteiger charge is -2.40. The Balaban J connectivity index is 1.94. The van der Waals surface area contributed by atoms with E-state index in [1.165, 1.54) is 0 Å². The van der Waals surface area contributed by atoms with E-state index < -0.39 is 0 Å². The van der Waals surface area contributed by atoms with Crippen LogP contribution in [0.5, 0.6) is 0 Å². The molecule has 3 atom stereocenters. The Morgan fingerprint density at radius 3 is 2.84 bits per heavy atom. The Morgan fingerprint density at radius 1 is 1.42 bits per heavy atom. The first-order valence-electron chi connectivity index (χ1n) is 7.45. The first-order chi connectivity index (χ1) is 8.92. The zero-order valence-electron chi connectivity index (χ0n) is 12.4. The molecule has 1 aliphatic carbocycles. The molecular formula is C15H27NO3. The van der Waals surface area contributed by atoms with E-state index >= 15 is 0 Å². The number of rotatable bonds is 3. The maximum atomic E-state index is 12.4. The lowest BCUT2D eigenvalue weighted by Crippen LogP contribution is -2.51. The number of aliphatic hydroxyl groups is 1. The number of ketones is 1. The van der Waals surface area contributed by atoms with Crippen LogP contribution in [0.15, 0.2) is 0 Å². The zero-order valence-corrected chi connectivity index (χ0v) is 12.4. The molecule has 0 aromatic rings. The third-order valence-corrected chi connectivity index (χ3v) is 4.48. The fourth-order valence-electron chi connectivity index (χ4n) is 3.47. The van der Waals surface area contributed by atoms with E-state index in [1.54, 1.807) is 0 Å². The number of ether oxygens (including phenoxy) is 1. The van der Waals surface area contributed by atoms with Crippen LogP contribution in [0.1, 0.15) is 40.0 Å². The average molecular weight is 269 g/mol. The van der Waals surface area contributed by atoms with Crippen molar-refractivity contribution >= 4 is 5.78 Å². The average Bonchev–Trinajstić information content (AvgIpc) is 2.34. The van der Waals surface area contributed by atoms with Crippen LogP contribution in [0.2, 0.25) is 0 Å². The van der Waals surface area contributed by atoms with Crippen molar-refractivity contribution in [2.75, 3.05) is 26.2 Å². The molecule has 2 rings (SSSR count). The maximum absolute atomic E-state index is 12.4. The van der Waals surface area contributed by atoms with Crippen LogP contribution >= 0.6 is 0 Å². The van der Waals surface area contributed by atoms with Gasteiger partial charge in [0.25, 0.3) is 0 Å². The molecular weight excluding hydrogens is 242 g/mol. The third kappa shape index (κ3) is 3.56. The molecule has 3 unspecified atom stereocenters. The van der Waals surface area contributed by atoms with Crippen molar-refractivity contribution in [2.45, 2.75) is 52.2 Å². The molecule has 1 N–H and O–H groups in total. The number of hydrogen-bond donors (Lipinski definition) is 1. The first-order valence-corrected chi connectivity index (χ1v) is 7.45. The van der Waals surface area contributed by atoms with Crippen molar-refractivity contribution < 1.29 is 14.6 Å². The minimum atomic E-state index is -0.156. The molecule has 1 aliphatic heterocycles. The molecule has 1 heterocycles. The van der Waals surface area contributed by atoms with Gasteiger partial charge in [-0.05, 0) is 19.8 Å². The predicted octanol–water partition coefficient (Wildman–Crippen LogP) is 1.46. The number of aliphatic hydroxyl groups excluding tert-OH is 1. The van der Waals surface area contributed by atoms with Crippen molar-refractivity contribution in [1.29, 1.82) is 0 Å². The maximum Gasteiger partial charge on any atom is 0.142 e. The highest BCUT2D eigenvalue weighted by Crippen LogP contribution is 2.35. The Morgan fingerprint density at radius 2 is 2.16 bits per heavy atom. The molecule has 2 fully saturated rings. The summed E-state index contributed by atoms with van der Waals surface area (Å²) in [6.45, 7) is 8.66. The third-order valence-electron chi connectivity index (χ3n) is 4.48. The molecule has 0 amide bonds. The molecule has 1 saturated carbocycles. The molecule has 110 valence electrons. The van der Waals surface area contributed by atoms with Gasteiger partial charge in [0, 0.05) is 31.0 Å². The van der Waals surface area contributed by atoms with Crippen molar-refractivity contribution in [3.05, 3.63) is 0 Å². The van der Waals surface area contributed by atoms with Crippen molar-refractivity contribution in [1.82, 2.24) is 4.90 Å². The van der Waals surface area contributed by atoms with Crippen LogP contribution in [0, 0.1) is 11.3 Å². The van der Waals surface area contributed by atoms with Crippen LogP contribution in [0.3, 0.4) is 0 Å². The van der Waals surface area contributed by atoms with Gasteiger partial charge in [0.2, 0.25) is 0 Å². The van der Waals surface area contributed by atoms with Gasteiger partial charge < -0.3 is 9.84 Å². The van der Waals surface area contributed by atoms with Crippen molar-refractivity contribution in [3.63, 3.8) is 0 Å². The fourth-order valence-corrected chi connectivity index (χ4v) is 3.47. The number of nitrogens with zero attached hydrogens (tertiary/aromatic N) is 1. The van der Waals surface area contributed by atoms with E-state index in [-0.39, 0.29) is 30.1 Å². The molecule has 0 aromatic carbocycles. The lowest BCUT2D eigenvalue weighted by atomic mass is 9.71. The first kappa shape index (κ1) is 14.9. The Labute approximate surface area is 116 Å². The van der Waals surface area contributed by atoms with Gasteiger partial charge in [-0.1, -0.05) is 20.3 Å². The molecule has 2 aliphatic rings. The topological polar surface area (TPSA) is 49.8 Å². The Kier molecular flexibility index (Phi) is 4.64. The summed E-state index contributed by atoms with van der Waals surface area (Å²) in [7, 11) is 0. The number of morpholine rings is 1.